The maximum absolute atomic E-state index is 12.1. The van der Waals surface area contributed by atoms with Gasteiger partial charge < -0.3 is 5.32 Å². The lowest BCUT2D eigenvalue weighted by molar-refractivity contribution is -0.115. The van der Waals surface area contributed by atoms with Gasteiger partial charge in [0.2, 0.25) is 11.1 Å². The summed E-state index contributed by atoms with van der Waals surface area (Å²) in [4.78, 5) is 16.2. The fourth-order valence-corrected chi connectivity index (χ4v) is 2.51. The third kappa shape index (κ3) is 3.97. The third-order valence-corrected chi connectivity index (χ3v) is 3.86. The highest BCUT2D eigenvalue weighted by atomic mass is 35.5. The average molecular weight is 322 g/mol. The number of carbonyl (C=O) groups excluding carboxylic acids is 1. The zero-order chi connectivity index (χ0) is 15.4. The minimum absolute atomic E-state index is 0.191. The normalized spacial score (nSPS) is 11.7. The van der Waals surface area contributed by atoms with Gasteiger partial charge in [-0.2, -0.15) is 5.26 Å². The second kappa shape index (κ2) is 6.61. The van der Waals surface area contributed by atoms with E-state index >= 15 is 0 Å². The summed E-state index contributed by atoms with van der Waals surface area (Å²) in [5, 5.41) is 18.7. The number of nitriles is 1. The summed E-state index contributed by atoms with van der Waals surface area (Å²) >= 11 is 7.17. The summed E-state index contributed by atoms with van der Waals surface area (Å²) in [6.45, 7) is 3.55. The van der Waals surface area contributed by atoms with Gasteiger partial charge in [-0.25, -0.2) is 4.98 Å². The molecule has 1 aromatic carbocycles. The van der Waals surface area contributed by atoms with Gasteiger partial charge in [-0.1, -0.05) is 23.4 Å². The van der Waals surface area contributed by atoms with E-state index in [1.54, 1.807) is 32.0 Å². The van der Waals surface area contributed by atoms with Gasteiger partial charge in [0.25, 0.3) is 0 Å². The number of amides is 1. The SMILES string of the molecule is Cc1nc(S[C@H](C)C(=O)Nc2ccc(C#N)c(Cl)c2)n[nH]1. The predicted octanol–water partition coefficient (Wildman–Crippen LogP) is 2.76. The first-order chi connectivity index (χ1) is 9.99. The molecule has 0 fully saturated rings. The molecule has 1 atom stereocenters. The fourth-order valence-electron chi connectivity index (χ4n) is 1.51. The maximum atomic E-state index is 12.1. The summed E-state index contributed by atoms with van der Waals surface area (Å²) in [6.07, 6.45) is 0. The van der Waals surface area contributed by atoms with Crippen molar-refractivity contribution in [1.82, 2.24) is 15.2 Å². The molecule has 0 aliphatic heterocycles. The van der Waals surface area contributed by atoms with Crippen molar-refractivity contribution in [1.29, 1.82) is 5.26 Å². The van der Waals surface area contributed by atoms with Gasteiger partial charge in [-0.15, -0.1) is 5.10 Å². The first-order valence-corrected chi connectivity index (χ1v) is 7.31. The standard InChI is InChI=1S/C13H12ClN5OS/c1-7(21-13-16-8(2)18-19-13)12(20)17-10-4-3-9(6-15)11(14)5-10/h3-5,7H,1-2H3,(H,17,20)(H,16,18,19)/t7-/m1/s1. The lowest BCUT2D eigenvalue weighted by Gasteiger charge is -2.10. The van der Waals surface area contributed by atoms with Crippen LogP contribution in [0.4, 0.5) is 5.69 Å². The molecule has 1 heterocycles. The molecule has 6 nitrogen and oxygen atoms in total. The second-order valence-electron chi connectivity index (χ2n) is 4.26. The minimum Gasteiger partial charge on any atom is -0.325 e. The first-order valence-electron chi connectivity index (χ1n) is 6.06. The van der Waals surface area contributed by atoms with E-state index in [4.69, 9.17) is 16.9 Å². The van der Waals surface area contributed by atoms with Gasteiger partial charge in [-0.05, 0) is 32.0 Å². The summed E-state index contributed by atoms with van der Waals surface area (Å²) in [5.74, 6) is 0.507. The van der Waals surface area contributed by atoms with Crippen LogP contribution in [-0.2, 0) is 4.79 Å². The average Bonchev–Trinajstić information content (AvgIpc) is 2.84. The first kappa shape index (κ1) is 15.4. The van der Waals surface area contributed by atoms with Crippen LogP contribution in [0, 0.1) is 18.3 Å². The number of nitrogens with zero attached hydrogens (tertiary/aromatic N) is 3. The molecule has 2 aromatic rings. The van der Waals surface area contributed by atoms with Gasteiger partial charge in [0.05, 0.1) is 15.8 Å². The van der Waals surface area contributed by atoms with E-state index in [9.17, 15) is 4.79 Å². The summed E-state index contributed by atoms with van der Waals surface area (Å²) < 4.78 is 0. The molecule has 0 bridgehead atoms. The number of aromatic nitrogens is 3. The number of rotatable bonds is 4. The number of H-pyrrole nitrogens is 1. The Bertz CT molecular complexity index is 709. The molecular weight excluding hydrogens is 310 g/mol. The van der Waals surface area contributed by atoms with E-state index in [0.29, 0.717) is 27.3 Å². The minimum atomic E-state index is -0.366. The number of thioether (sulfide) groups is 1. The second-order valence-corrected chi connectivity index (χ2v) is 5.97. The molecule has 108 valence electrons. The van der Waals surface area contributed by atoms with E-state index in [-0.39, 0.29) is 11.2 Å². The molecule has 0 unspecified atom stereocenters. The molecule has 0 aliphatic rings. The molecule has 1 aromatic heterocycles. The van der Waals surface area contributed by atoms with Gasteiger partial charge >= 0.3 is 0 Å². The highest BCUT2D eigenvalue weighted by molar-refractivity contribution is 8.00. The number of hydrogen-bond donors (Lipinski definition) is 2. The largest absolute Gasteiger partial charge is 0.325 e. The highest BCUT2D eigenvalue weighted by Crippen LogP contribution is 2.23. The number of aryl methyl sites for hydroxylation is 1. The molecule has 0 aliphatic carbocycles. The van der Waals surface area contributed by atoms with Crippen molar-refractivity contribution in [3.05, 3.63) is 34.6 Å². The Kier molecular flexibility index (Phi) is 4.83. The third-order valence-electron chi connectivity index (χ3n) is 2.59. The smallest absolute Gasteiger partial charge is 0.237 e. The number of aromatic amines is 1. The lowest BCUT2D eigenvalue weighted by Crippen LogP contribution is -2.22. The zero-order valence-corrected chi connectivity index (χ0v) is 12.9. The molecule has 21 heavy (non-hydrogen) atoms. The quantitative estimate of drug-likeness (QED) is 0.844. The molecule has 8 heteroatoms. The van der Waals surface area contributed by atoms with Crippen LogP contribution in [0.2, 0.25) is 5.02 Å². The van der Waals surface area contributed by atoms with Gasteiger partial charge in [0.15, 0.2) is 0 Å². The van der Waals surface area contributed by atoms with Gasteiger partial charge in [-0.3, -0.25) is 9.89 Å². The van der Waals surface area contributed by atoms with E-state index in [2.05, 4.69) is 20.5 Å². The monoisotopic (exact) mass is 321 g/mol. The molecule has 0 radical (unpaired) electrons. The Morgan fingerprint density at radius 3 is 2.90 bits per heavy atom. The summed E-state index contributed by atoms with van der Waals surface area (Å²) in [6, 6.07) is 6.71. The Morgan fingerprint density at radius 1 is 1.57 bits per heavy atom. The number of anilines is 1. The van der Waals surface area contributed by atoms with Crippen molar-refractivity contribution < 1.29 is 4.79 Å². The van der Waals surface area contributed by atoms with E-state index in [0.717, 1.165) is 0 Å². The molecule has 0 saturated heterocycles. The lowest BCUT2D eigenvalue weighted by atomic mass is 10.2. The Balaban J connectivity index is 2.00. The van der Waals surface area contributed by atoms with Crippen LogP contribution < -0.4 is 5.32 Å². The molecule has 1 amide bonds. The van der Waals surface area contributed by atoms with Crippen molar-refractivity contribution in [2.75, 3.05) is 5.32 Å². The van der Waals surface area contributed by atoms with E-state index < -0.39 is 0 Å². The van der Waals surface area contributed by atoms with Crippen LogP contribution in [0.1, 0.15) is 18.3 Å². The Morgan fingerprint density at radius 2 is 2.33 bits per heavy atom. The number of benzene rings is 1. The van der Waals surface area contributed by atoms with Crippen molar-refractivity contribution in [3.63, 3.8) is 0 Å². The van der Waals surface area contributed by atoms with E-state index in [1.165, 1.54) is 11.8 Å². The predicted molar refractivity (Wildman–Crippen MR) is 81.2 cm³/mol. The molecule has 0 saturated carbocycles. The topological polar surface area (TPSA) is 94.5 Å². The summed E-state index contributed by atoms with van der Waals surface area (Å²) in [5.41, 5.74) is 0.913. The van der Waals surface area contributed by atoms with Crippen LogP contribution in [-0.4, -0.2) is 26.3 Å². The Hall–Kier alpha value is -2.04. The molecule has 2 rings (SSSR count). The highest BCUT2D eigenvalue weighted by Gasteiger charge is 2.17. The van der Waals surface area contributed by atoms with Crippen molar-refractivity contribution >= 4 is 35.0 Å². The van der Waals surface area contributed by atoms with Gasteiger partial charge in [0.1, 0.15) is 11.9 Å². The van der Waals surface area contributed by atoms with Crippen LogP contribution >= 0.6 is 23.4 Å². The molecule has 0 spiro atoms. The number of nitrogens with one attached hydrogen (secondary N) is 2. The maximum Gasteiger partial charge on any atom is 0.237 e. The number of carbonyl (C=O) groups is 1. The zero-order valence-electron chi connectivity index (χ0n) is 11.3. The number of hydrogen-bond acceptors (Lipinski definition) is 5. The summed E-state index contributed by atoms with van der Waals surface area (Å²) in [7, 11) is 0. The van der Waals surface area contributed by atoms with Crippen LogP contribution in [0.25, 0.3) is 0 Å². The van der Waals surface area contributed by atoms with Crippen LogP contribution in [0.5, 0.6) is 0 Å². The Labute approximate surface area is 130 Å². The van der Waals surface area contributed by atoms with Crippen molar-refractivity contribution in [2.24, 2.45) is 0 Å². The van der Waals surface area contributed by atoms with Crippen LogP contribution in [0.15, 0.2) is 23.4 Å². The van der Waals surface area contributed by atoms with Crippen LogP contribution in [0.3, 0.4) is 0 Å². The van der Waals surface area contributed by atoms with Gasteiger partial charge in [0, 0.05) is 5.69 Å². The van der Waals surface area contributed by atoms with Crippen molar-refractivity contribution in [3.8, 4) is 6.07 Å². The molecular formula is C13H12ClN5OS. The fraction of sp³-hybridized carbons (Fsp3) is 0.231. The number of halogens is 1. The van der Waals surface area contributed by atoms with E-state index in [1.807, 2.05) is 6.07 Å². The molecule has 2 N–H and O–H groups in total. The van der Waals surface area contributed by atoms with Crippen molar-refractivity contribution in [2.45, 2.75) is 24.3 Å².